The minimum absolute atomic E-state index is 0.148. The third-order valence-corrected chi connectivity index (χ3v) is 2.77. The highest BCUT2D eigenvalue weighted by atomic mass is 19.1. The highest BCUT2D eigenvalue weighted by Gasteiger charge is 2.37. The first kappa shape index (κ1) is 8.70. The molecule has 70 valence electrons. The number of hydrogen-bond acceptors (Lipinski definition) is 1. The van der Waals surface area contributed by atoms with Crippen LogP contribution in [0.4, 0.5) is 4.39 Å². The van der Waals surface area contributed by atoms with Crippen LogP contribution in [-0.2, 0) is 0 Å². The van der Waals surface area contributed by atoms with Gasteiger partial charge in [-0.25, -0.2) is 4.39 Å². The van der Waals surface area contributed by atoms with Gasteiger partial charge in [0, 0.05) is 6.61 Å². The fourth-order valence-corrected chi connectivity index (χ4v) is 1.76. The first-order valence-corrected chi connectivity index (χ1v) is 4.59. The van der Waals surface area contributed by atoms with Crippen molar-refractivity contribution in [1.82, 2.24) is 0 Å². The number of hydrogen-bond donors (Lipinski definition) is 1. The van der Waals surface area contributed by atoms with E-state index >= 15 is 0 Å². The maximum Gasteiger partial charge on any atom is 0.126 e. The van der Waals surface area contributed by atoms with Crippen LogP contribution >= 0.6 is 0 Å². The zero-order valence-electron chi connectivity index (χ0n) is 7.63. The van der Waals surface area contributed by atoms with Crippen LogP contribution in [0.1, 0.15) is 23.5 Å². The van der Waals surface area contributed by atoms with Gasteiger partial charge < -0.3 is 5.11 Å². The molecule has 1 aliphatic rings. The molecule has 0 saturated heterocycles. The van der Waals surface area contributed by atoms with Gasteiger partial charge in [0.15, 0.2) is 0 Å². The van der Waals surface area contributed by atoms with Crippen molar-refractivity contribution >= 4 is 0 Å². The summed E-state index contributed by atoms with van der Waals surface area (Å²) in [5.41, 5.74) is 1.86. The third-order valence-electron chi connectivity index (χ3n) is 2.77. The molecule has 0 heterocycles. The normalized spacial score (nSPS) is 26.1. The Morgan fingerprint density at radius 1 is 1.54 bits per heavy atom. The van der Waals surface area contributed by atoms with Gasteiger partial charge in [-0.3, -0.25) is 0 Å². The number of aryl methyl sites for hydroxylation is 1. The molecule has 0 spiro atoms. The summed E-state index contributed by atoms with van der Waals surface area (Å²) < 4.78 is 12.9. The fraction of sp³-hybridized carbons (Fsp3) is 0.455. The summed E-state index contributed by atoms with van der Waals surface area (Å²) in [7, 11) is 0. The molecule has 1 fully saturated rings. The summed E-state index contributed by atoms with van der Waals surface area (Å²) in [5, 5.41) is 8.89. The standard InChI is InChI=1S/C11H13FO/c1-7-4-8(2-3-11(7)12)10-5-9(10)6-13/h2-4,9-10,13H,5-6H2,1H3. The summed E-state index contributed by atoms with van der Waals surface area (Å²) in [6, 6.07) is 5.22. The lowest BCUT2D eigenvalue weighted by molar-refractivity contribution is 0.274. The zero-order chi connectivity index (χ0) is 9.42. The van der Waals surface area contributed by atoms with Gasteiger partial charge in [-0.2, -0.15) is 0 Å². The summed E-state index contributed by atoms with van der Waals surface area (Å²) in [5.74, 6) is 0.721. The fourth-order valence-electron chi connectivity index (χ4n) is 1.76. The number of aliphatic hydroxyl groups is 1. The van der Waals surface area contributed by atoms with Crippen LogP contribution in [0.5, 0.6) is 0 Å². The van der Waals surface area contributed by atoms with Crippen LogP contribution in [0.25, 0.3) is 0 Å². The predicted octanol–water partition coefficient (Wildman–Crippen LogP) is 2.23. The zero-order valence-corrected chi connectivity index (χ0v) is 7.63. The van der Waals surface area contributed by atoms with E-state index in [1.807, 2.05) is 12.1 Å². The third kappa shape index (κ3) is 1.59. The van der Waals surface area contributed by atoms with E-state index in [9.17, 15) is 4.39 Å². The Kier molecular flexibility index (Phi) is 2.08. The van der Waals surface area contributed by atoms with Gasteiger partial charge in [-0.1, -0.05) is 12.1 Å². The second kappa shape index (κ2) is 3.11. The van der Waals surface area contributed by atoms with Crippen LogP contribution in [0.3, 0.4) is 0 Å². The molecule has 0 radical (unpaired) electrons. The lowest BCUT2D eigenvalue weighted by Crippen LogP contribution is -1.90. The van der Waals surface area contributed by atoms with E-state index < -0.39 is 0 Å². The molecule has 2 rings (SSSR count). The first-order chi connectivity index (χ1) is 6.22. The Morgan fingerprint density at radius 3 is 2.85 bits per heavy atom. The lowest BCUT2D eigenvalue weighted by atomic mass is 10.1. The molecule has 0 bridgehead atoms. The summed E-state index contributed by atoms with van der Waals surface area (Å²) in [4.78, 5) is 0. The SMILES string of the molecule is Cc1cc(C2CC2CO)ccc1F. The second-order valence-electron chi connectivity index (χ2n) is 3.79. The van der Waals surface area contributed by atoms with E-state index in [1.54, 1.807) is 6.92 Å². The second-order valence-corrected chi connectivity index (χ2v) is 3.79. The predicted molar refractivity (Wildman–Crippen MR) is 49.1 cm³/mol. The van der Waals surface area contributed by atoms with Gasteiger partial charge in [0.05, 0.1) is 0 Å². The van der Waals surface area contributed by atoms with Crippen LogP contribution in [-0.4, -0.2) is 11.7 Å². The van der Waals surface area contributed by atoms with Crippen LogP contribution in [0.2, 0.25) is 0 Å². The maximum atomic E-state index is 12.9. The smallest absolute Gasteiger partial charge is 0.126 e. The van der Waals surface area contributed by atoms with Crippen molar-refractivity contribution in [2.45, 2.75) is 19.3 Å². The molecule has 2 unspecified atom stereocenters. The topological polar surface area (TPSA) is 20.2 Å². The minimum Gasteiger partial charge on any atom is -0.396 e. The molecule has 13 heavy (non-hydrogen) atoms. The van der Waals surface area contributed by atoms with Gasteiger partial charge in [-0.05, 0) is 42.4 Å². The minimum atomic E-state index is -0.148. The molecule has 0 aromatic heterocycles. The number of aliphatic hydroxyl groups excluding tert-OH is 1. The Hall–Kier alpha value is -0.890. The van der Waals surface area contributed by atoms with Crippen molar-refractivity contribution in [2.24, 2.45) is 5.92 Å². The van der Waals surface area contributed by atoms with E-state index in [0.29, 0.717) is 17.4 Å². The monoisotopic (exact) mass is 180 g/mol. The summed E-state index contributed by atoms with van der Waals surface area (Å²) in [6.07, 6.45) is 1.04. The molecule has 0 aliphatic heterocycles. The van der Waals surface area contributed by atoms with Crippen molar-refractivity contribution in [3.63, 3.8) is 0 Å². The van der Waals surface area contributed by atoms with Crippen molar-refractivity contribution in [3.8, 4) is 0 Å². The average molecular weight is 180 g/mol. The number of halogens is 1. The van der Waals surface area contributed by atoms with Gasteiger partial charge in [0.25, 0.3) is 0 Å². The highest BCUT2D eigenvalue weighted by molar-refractivity contribution is 5.30. The molecular formula is C11H13FO. The van der Waals surface area contributed by atoms with Gasteiger partial charge in [0.1, 0.15) is 5.82 Å². The van der Waals surface area contributed by atoms with E-state index in [2.05, 4.69) is 0 Å². The van der Waals surface area contributed by atoms with Crippen LogP contribution in [0.15, 0.2) is 18.2 Å². The molecule has 1 aromatic carbocycles. The Balaban J connectivity index is 2.19. The molecule has 1 N–H and O–H groups in total. The van der Waals surface area contributed by atoms with Crippen LogP contribution < -0.4 is 0 Å². The lowest BCUT2D eigenvalue weighted by Gasteiger charge is -2.01. The van der Waals surface area contributed by atoms with E-state index in [4.69, 9.17) is 5.11 Å². The van der Waals surface area contributed by atoms with Gasteiger partial charge in [-0.15, -0.1) is 0 Å². The van der Waals surface area contributed by atoms with Crippen LogP contribution in [0, 0.1) is 18.7 Å². The van der Waals surface area contributed by atoms with E-state index in [0.717, 1.165) is 12.0 Å². The van der Waals surface area contributed by atoms with E-state index in [1.165, 1.54) is 6.07 Å². The maximum absolute atomic E-state index is 12.9. The van der Waals surface area contributed by atoms with Gasteiger partial charge in [0.2, 0.25) is 0 Å². The summed E-state index contributed by atoms with van der Waals surface area (Å²) >= 11 is 0. The average Bonchev–Trinajstić information content (AvgIpc) is 2.88. The van der Waals surface area contributed by atoms with Crippen molar-refractivity contribution in [3.05, 3.63) is 35.1 Å². The summed E-state index contributed by atoms with van der Waals surface area (Å²) in [6.45, 7) is 2.02. The Bertz CT molecular complexity index is 322. The molecule has 1 saturated carbocycles. The molecule has 1 aromatic rings. The Morgan fingerprint density at radius 2 is 2.31 bits per heavy atom. The Labute approximate surface area is 77.2 Å². The number of benzene rings is 1. The largest absolute Gasteiger partial charge is 0.396 e. The van der Waals surface area contributed by atoms with Crippen molar-refractivity contribution in [1.29, 1.82) is 0 Å². The van der Waals surface area contributed by atoms with Crippen molar-refractivity contribution in [2.75, 3.05) is 6.61 Å². The molecule has 2 heteroatoms. The van der Waals surface area contributed by atoms with E-state index in [-0.39, 0.29) is 12.4 Å². The highest BCUT2D eigenvalue weighted by Crippen LogP contribution is 2.47. The molecule has 1 aliphatic carbocycles. The first-order valence-electron chi connectivity index (χ1n) is 4.59. The molecule has 1 nitrogen and oxygen atoms in total. The number of rotatable bonds is 2. The molecule has 0 amide bonds. The van der Waals surface area contributed by atoms with Crippen molar-refractivity contribution < 1.29 is 9.50 Å². The molecule has 2 atom stereocenters. The quantitative estimate of drug-likeness (QED) is 0.740. The van der Waals surface area contributed by atoms with Gasteiger partial charge >= 0.3 is 0 Å². The molecular weight excluding hydrogens is 167 g/mol.